The highest BCUT2D eigenvalue weighted by molar-refractivity contribution is 5.81. The van der Waals surface area contributed by atoms with Crippen LogP contribution in [0.15, 0.2) is 18.5 Å². The summed E-state index contributed by atoms with van der Waals surface area (Å²) in [7, 11) is 1.25. The van der Waals surface area contributed by atoms with Gasteiger partial charge in [0.25, 0.3) is 0 Å². The van der Waals surface area contributed by atoms with E-state index in [1.165, 1.54) is 13.3 Å². The third-order valence-electron chi connectivity index (χ3n) is 2.43. The molecule has 1 aromatic heterocycles. The Morgan fingerprint density at radius 3 is 2.57 bits per heavy atom. The number of esters is 1. The van der Waals surface area contributed by atoms with Gasteiger partial charge in [0, 0.05) is 18.8 Å². The third kappa shape index (κ3) is 6.11. The topological polar surface area (TPSA) is 104 Å². The number of nitrogen functional groups attached to an aromatic ring is 1. The molecule has 0 fully saturated rings. The number of alkyl carbamates (subject to hydrolysis) is 1. The van der Waals surface area contributed by atoms with Crippen molar-refractivity contribution in [1.82, 2.24) is 10.3 Å². The lowest BCUT2D eigenvalue weighted by atomic mass is 10.1. The van der Waals surface area contributed by atoms with Gasteiger partial charge in [-0.3, -0.25) is 4.98 Å². The molecule has 1 aromatic rings. The van der Waals surface area contributed by atoms with E-state index >= 15 is 0 Å². The number of rotatable bonds is 4. The molecule has 0 saturated carbocycles. The number of anilines is 1. The predicted octanol–water partition coefficient (Wildman–Crippen LogP) is 1.27. The van der Waals surface area contributed by atoms with Crippen molar-refractivity contribution in [2.24, 2.45) is 0 Å². The van der Waals surface area contributed by atoms with Crippen molar-refractivity contribution in [3.8, 4) is 0 Å². The summed E-state index contributed by atoms with van der Waals surface area (Å²) in [4.78, 5) is 27.5. The fourth-order valence-electron chi connectivity index (χ4n) is 1.64. The van der Waals surface area contributed by atoms with Crippen molar-refractivity contribution in [2.75, 3.05) is 12.8 Å². The molecule has 1 heterocycles. The van der Waals surface area contributed by atoms with Gasteiger partial charge in [-0.15, -0.1) is 0 Å². The van der Waals surface area contributed by atoms with Crippen LogP contribution in [0.25, 0.3) is 0 Å². The molecule has 116 valence electrons. The Hall–Kier alpha value is -2.31. The van der Waals surface area contributed by atoms with Crippen molar-refractivity contribution >= 4 is 17.7 Å². The zero-order valence-corrected chi connectivity index (χ0v) is 12.7. The lowest BCUT2D eigenvalue weighted by molar-refractivity contribution is -0.143. The Bertz CT molecular complexity index is 511. The second-order valence-electron chi connectivity index (χ2n) is 5.55. The maximum Gasteiger partial charge on any atom is 0.408 e. The minimum absolute atomic E-state index is 0.212. The average Bonchev–Trinajstić information content (AvgIpc) is 2.34. The maximum absolute atomic E-state index is 11.8. The number of nitrogens with one attached hydrogen (secondary N) is 1. The molecule has 7 heteroatoms. The molecule has 21 heavy (non-hydrogen) atoms. The highest BCUT2D eigenvalue weighted by Crippen LogP contribution is 2.10. The molecule has 1 amide bonds. The van der Waals surface area contributed by atoms with E-state index in [1.54, 1.807) is 33.0 Å². The van der Waals surface area contributed by atoms with E-state index in [9.17, 15) is 9.59 Å². The van der Waals surface area contributed by atoms with Crippen LogP contribution in [-0.4, -0.2) is 35.8 Å². The summed E-state index contributed by atoms with van der Waals surface area (Å²) in [6, 6.07) is 0.813. The highest BCUT2D eigenvalue weighted by Gasteiger charge is 2.25. The van der Waals surface area contributed by atoms with Gasteiger partial charge in [0.1, 0.15) is 11.6 Å². The summed E-state index contributed by atoms with van der Waals surface area (Å²) < 4.78 is 9.81. The molecule has 0 aromatic carbocycles. The summed E-state index contributed by atoms with van der Waals surface area (Å²) in [5.41, 5.74) is 6.18. The number of aromatic nitrogens is 1. The standard InChI is InChI=1S/C14H21N3O4/c1-14(2,3)21-13(19)17-11(12(18)20-4)6-9-5-10(15)8-16-7-9/h5,7-8,11H,6,15H2,1-4H3,(H,17,19). The van der Waals surface area contributed by atoms with E-state index in [4.69, 9.17) is 10.5 Å². The van der Waals surface area contributed by atoms with Gasteiger partial charge in [0.15, 0.2) is 0 Å². The van der Waals surface area contributed by atoms with Gasteiger partial charge >= 0.3 is 12.1 Å². The Morgan fingerprint density at radius 1 is 1.38 bits per heavy atom. The van der Waals surface area contributed by atoms with E-state index in [0.29, 0.717) is 11.3 Å². The van der Waals surface area contributed by atoms with E-state index in [2.05, 4.69) is 15.0 Å². The van der Waals surface area contributed by atoms with Crippen molar-refractivity contribution in [2.45, 2.75) is 38.8 Å². The van der Waals surface area contributed by atoms with Crippen LogP contribution >= 0.6 is 0 Å². The Kier molecular flexibility index (Phi) is 5.52. The Labute approximate surface area is 123 Å². The van der Waals surface area contributed by atoms with Gasteiger partial charge in [-0.2, -0.15) is 0 Å². The number of carbonyl (C=O) groups is 2. The molecule has 0 spiro atoms. The van der Waals surface area contributed by atoms with E-state index < -0.39 is 23.7 Å². The van der Waals surface area contributed by atoms with Gasteiger partial charge in [-0.05, 0) is 32.4 Å². The minimum Gasteiger partial charge on any atom is -0.467 e. The molecular formula is C14H21N3O4. The van der Waals surface area contributed by atoms with Gasteiger partial charge in [0.05, 0.1) is 12.8 Å². The fourth-order valence-corrected chi connectivity index (χ4v) is 1.64. The van der Waals surface area contributed by atoms with Crippen molar-refractivity contribution in [1.29, 1.82) is 0 Å². The van der Waals surface area contributed by atoms with Crippen LogP contribution in [0.5, 0.6) is 0 Å². The summed E-state index contributed by atoms with van der Waals surface area (Å²) in [6.07, 6.45) is 2.60. The zero-order valence-electron chi connectivity index (χ0n) is 12.7. The molecule has 0 aliphatic carbocycles. The number of nitrogens with zero attached hydrogens (tertiary/aromatic N) is 1. The van der Waals surface area contributed by atoms with E-state index in [0.717, 1.165) is 0 Å². The zero-order chi connectivity index (χ0) is 16.0. The number of hydrogen-bond donors (Lipinski definition) is 2. The monoisotopic (exact) mass is 295 g/mol. The van der Waals surface area contributed by atoms with Crippen LogP contribution in [-0.2, 0) is 20.7 Å². The molecule has 3 N–H and O–H groups in total. The maximum atomic E-state index is 11.8. The van der Waals surface area contributed by atoms with Gasteiger partial charge < -0.3 is 20.5 Å². The van der Waals surface area contributed by atoms with E-state index in [-0.39, 0.29) is 6.42 Å². The van der Waals surface area contributed by atoms with Crippen molar-refractivity contribution in [3.05, 3.63) is 24.0 Å². The molecule has 0 aliphatic rings. The lowest BCUT2D eigenvalue weighted by Crippen LogP contribution is -2.45. The normalized spacial score (nSPS) is 12.4. The molecule has 7 nitrogen and oxygen atoms in total. The molecule has 0 radical (unpaired) electrons. The largest absolute Gasteiger partial charge is 0.467 e. The molecule has 1 rings (SSSR count). The first-order valence-corrected chi connectivity index (χ1v) is 6.48. The second kappa shape index (κ2) is 6.92. The van der Waals surface area contributed by atoms with Crippen LogP contribution in [0, 0.1) is 0 Å². The number of pyridine rings is 1. The number of ether oxygens (including phenoxy) is 2. The van der Waals surface area contributed by atoms with Gasteiger partial charge in [-0.1, -0.05) is 0 Å². The number of methoxy groups -OCH3 is 1. The van der Waals surface area contributed by atoms with Crippen molar-refractivity contribution in [3.63, 3.8) is 0 Å². The summed E-state index contributed by atoms with van der Waals surface area (Å²) >= 11 is 0. The van der Waals surface area contributed by atoms with Crippen LogP contribution < -0.4 is 11.1 Å². The highest BCUT2D eigenvalue weighted by atomic mass is 16.6. The van der Waals surface area contributed by atoms with Crippen LogP contribution in [0.2, 0.25) is 0 Å². The van der Waals surface area contributed by atoms with Crippen molar-refractivity contribution < 1.29 is 19.1 Å². The number of nitrogens with two attached hydrogens (primary N) is 1. The smallest absolute Gasteiger partial charge is 0.408 e. The van der Waals surface area contributed by atoms with Crippen LogP contribution in [0.3, 0.4) is 0 Å². The first-order chi connectivity index (χ1) is 9.71. The fraction of sp³-hybridized carbons (Fsp3) is 0.500. The molecule has 0 saturated heterocycles. The number of carbonyl (C=O) groups excluding carboxylic acids is 2. The van der Waals surface area contributed by atoms with Crippen LogP contribution in [0.1, 0.15) is 26.3 Å². The number of amides is 1. The third-order valence-corrected chi connectivity index (χ3v) is 2.43. The average molecular weight is 295 g/mol. The summed E-state index contributed by atoms with van der Waals surface area (Å²) in [5, 5.41) is 2.49. The molecule has 0 aliphatic heterocycles. The Morgan fingerprint density at radius 2 is 2.05 bits per heavy atom. The molecular weight excluding hydrogens is 274 g/mol. The minimum atomic E-state index is -0.867. The second-order valence-corrected chi connectivity index (χ2v) is 5.55. The molecule has 1 unspecified atom stereocenters. The Balaban J connectivity index is 2.77. The van der Waals surface area contributed by atoms with Crippen LogP contribution in [0.4, 0.5) is 10.5 Å². The summed E-state index contributed by atoms with van der Waals surface area (Å²) in [5.74, 6) is -0.566. The molecule has 0 bridgehead atoms. The molecule has 1 atom stereocenters. The first-order valence-electron chi connectivity index (χ1n) is 6.48. The number of hydrogen-bond acceptors (Lipinski definition) is 6. The predicted molar refractivity (Wildman–Crippen MR) is 77.5 cm³/mol. The first kappa shape index (κ1) is 16.7. The van der Waals surface area contributed by atoms with E-state index in [1.807, 2.05) is 0 Å². The van der Waals surface area contributed by atoms with Gasteiger partial charge in [-0.25, -0.2) is 9.59 Å². The lowest BCUT2D eigenvalue weighted by Gasteiger charge is -2.22. The van der Waals surface area contributed by atoms with Gasteiger partial charge in [0.2, 0.25) is 0 Å². The SMILES string of the molecule is COC(=O)C(Cc1cncc(N)c1)NC(=O)OC(C)(C)C. The quantitative estimate of drug-likeness (QED) is 0.811. The summed E-state index contributed by atoms with van der Waals surface area (Å²) in [6.45, 7) is 5.21.